The average Bonchev–Trinajstić information content (AvgIpc) is 3.47. The average molecular weight is 481 g/mol. The summed E-state index contributed by atoms with van der Waals surface area (Å²) in [4.78, 5) is 22.8. The molecule has 0 aliphatic heterocycles. The van der Waals surface area contributed by atoms with E-state index in [9.17, 15) is 9.18 Å². The molecule has 4 aromatic rings. The number of aryl methyl sites for hydroxylation is 3. The van der Waals surface area contributed by atoms with E-state index in [-0.39, 0.29) is 17.7 Å². The molecule has 4 rings (SSSR count). The summed E-state index contributed by atoms with van der Waals surface area (Å²) in [5.41, 5.74) is 7.84. The number of hydrogen-bond acceptors (Lipinski definition) is 8. The Balaban J connectivity index is 0.000000970. The molecule has 0 atom stereocenters. The number of aromatic nitrogens is 6. The van der Waals surface area contributed by atoms with Crippen molar-refractivity contribution in [2.75, 3.05) is 19.3 Å². The van der Waals surface area contributed by atoms with Gasteiger partial charge in [0, 0.05) is 25.4 Å². The Labute approximate surface area is 201 Å². The third kappa shape index (κ3) is 5.63. The predicted octanol–water partition coefficient (Wildman–Crippen LogP) is 3.06. The highest BCUT2D eigenvalue weighted by Gasteiger charge is 2.17. The second kappa shape index (κ2) is 11.7. The van der Waals surface area contributed by atoms with Gasteiger partial charge in [-0.25, -0.2) is 14.4 Å². The van der Waals surface area contributed by atoms with Crippen LogP contribution in [-0.2, 0) is 6.42 Å². The van der Waals surface area contributed by atoms with Crippen LogP contribution in [0.2, 0.25) is 0 Å². The Morgan fingerprint density at radius 1 is 1.15 bits per heavy atom. The van der Waals surface area contributed by atoms with E-state index in [4.69, 9.17) is 5.73 Å². The van der Waals surface area contributed by atoms with Gasteiger partial charge in [0.25, 0.3) is 5.91 Å². The number of carbonyl (C=O) groups excluding carboxylic acids is 1. The standard InChI is InChI=1S/C19H21FN8OS.2C2H2/c1-10-8-12(20)9-13-15(10)23-19(21)28-16(13)22-14(26-28)6-4-5-7-27(3)18(29)17-25-24-11(2)30-17;2*1-2/h8-9H,4-7H2,1-3H3,(H2,21,23);2*1-2H. The number of anilines is 1. The zero-order valence-electron chi connectivity index (χ0n) is 19.2. The highest BCUT2D eigenvalue weighted by Crippen LogP contribution is 2.24. The number of nitrogens with two attached hydrogens (primary N) is 1. The zero-order chi connectivity index (χ0) is 25.4. The minimum atomic E-state index is -0.351. The van der Waals surface area contributed by atoms with Gasteiger partial charge < -0.3 is 10.6 Å². The Hall–Kier alpha value is -4.09. The smallest absolute Gasteiger partial charge is 0.284 e. The molecule has 1 aromatic carbocycles. The van der Waals surface area contributed by atoms with Crippen molar-refractivity contribution in [1.29, 1.82) is 0 Å². The first-order chi connectivity index (χ1) is 16.3. The van der Waals surface area contributed by atoms with Gasteiger partial charge in [0.2, 0.25) is 11.0 Å². The van der Waals surface area contributed by atoms with Crippen molar-refractivity contribution < 1.29 is 9.18 Å². The summed E-state index contributed by atoms with van der Waals surface area (Å²) in [5, 5.41) is 13.9. The van der Waals surface area contributed by atoms with E-state index in [2.05, 4.69) is 51.0 Å². The quantitative estimate of drug-likeness (QED) is 0.333. The number of nitrogen functional groups attached to an aromatic ring is 1. The van der Waals surface area contributed by atoms with E-state index >= 15 is 0 Å². The largest absolute Gasteiger partial charge is 0.368 e. The first-order valence-corrected chi connectivity index (χ1v) is 11.0. The second-order valence-electron chi connectivity index (χ2n) is 7.16. The van der Waals surface area contributed by atoms with Crippen LogP contribution >= 0.6 is 11.3 Å². The number of unbranched alkanes of at least 4 members (excludes halogenated alkanes) is 1. The van der Waals surface area contributed by atoms with Crippen LogP contribution in [0.5, 0.6) is 0 Å². The highest BCUT2D eigenvalue weighted by molar-refractivity contribution is 7.13. The summed E-state index contributed by atoms with van der Waals surface area (Å²) in [6.45, 7) is 4.19. The first-order valence-electron chi connectivity index (χ1n) is 10.2. The van der Waals surface area contributed by atoms with Crippen LogP contribution in [-0.4, -0.2) is 54.2 Å². The highest BCUT2D eigenvalue weighted by atomic mass is 32.1. The summed E-state index contributed by atoms with van der Waals surface area (Å²) in [7, 11) is 1.75. The molecule has 2 N–H and O–H groups in total. The van der Waals surface area contributed by atoms with Crippen molar-refractivity contribution in [1.82, 2.24) is 34.7 Å². The lowest BCUT2D eigenvalue weighted by Gasteiger charge is -2.14. The van der Waals surface area contributed by atoms with Crippen molar-refractivity contribution in [3.8, 4) is 25.7 Å². The molecule has 0 aliphatic carbocycles. The van der Waals surface area contributed by atoms with Crippen molar-refractivity contribution in [2.24, 2.45) is 0 Å². The third-order valence-electron chi connectivity index (χ3n) is 4.80. The van der Waals surface area contributed by atoms with E-state index in [1.807, 2.05) is 6.92 Å². The number of hydrogen-bond donors (Lipinski definition) is 1. The van der Waals surface area contributed by atoms with Crippen LogP contribution in [0.1, 0.15) is 39.0 Å². The normalized spacial score (nSPS) is 10.2. The van der Waals surface area contributed by atoms with Gasteiger partial charge in [-0.1, -0.05) is 11.3 Å². The Morgan fingerprint density at radius 3 is 2.50 bits per heavy atom. The minimum Gasteiger partial charge on any atom is -0.368 e. The van der Waals surface area contributed by atoms with E-state index < -0.39 is 0 Å². The fourth-order valence-electron chi connectivity index (χ4n) is 3.29. The lowest BCUT2D eigenvalue weighted by atomic mass is 10.1. The molecule has 3 heterocycles. The van der Waals surface area contributed by atoms with Crippen molar-refractivity contribution in [3.05, 3.63) is 39.4 Å². The number of halogens is 1. The van der Waals surface area contributed by atoms with Crippen molar-refractivity contribution >= 4 is 39.7 Å². The molecule has 3 aromatic heterocycles. The van der Waals surface area contributed by atoms with Crippen LogP contribution in [0, 0.1) is 45.4 Å². The maximum atomic E-state index is 13.9. The summed E-state index contributed by atoms with van der Waals surface area (Å²) >= 11 is 1.29. The van der Waals surface area contributed by atoms with Crippen LogP contribution in [0.4, 0.5) is 10.3 Å². The monoisotopic (exact) mass is 480 g/mol. The number of nitrogens with zero attached hydrogens (tertiary/aromatic N) is 7. The van der Waals surface area contributed by atoms with Gasteiger partial charge in [-0.05, 0) is 44.4 Å². The molecule has 0 aliphatic rings. The van der Waals surface area contributed by atoms with Crippen LogP contribution < -0.4 is 5.73 Å². The van der Waals surface area contributed by atoms with E-state index in [1.165, 1.54) is 28.0 Å². The van der Waals surface area contributed by atoms with E-state index in [0.29, 0.717) is 45.9 Å². The summed E-state index contributed by atoms with van der Waals surface area (Å²) in [6, 6.07) is 2.82. The van der Waals surface area contributed by atoms with Gasteiger partial charge in [-0.15, -0.1) is 41.0 Å². The fourth-order valence-corrected chi connectivity index (χ4v) is 3.98. The van der Waals surface area contributed by atoms with Crippen LogP contribution in [0.15, 0.2) is 12.1 Å². The van der Waals surface area contributed by atoms with Crippen molar-refractivity contribution in [3.63, 3.8) is 0 Å². The molecule has 34 heavy (non-hydrogen) atoms. The summed E-state index contributed by atoms with van der Waals surface area (Å²) in [6.07, 6.45) is 18.2. The van der Waals surface area contributed by atoms with E-state index in [0.717, 1.165) is 17.8 Å². The molecule has 0 unspecified atom stereocenters. The molecular weight excluding hydrogens is 455 g/mol. The first kappa shape index (κ1) is 26.2. The SMILES string of the molecule is C#C.C#C.Cc1nnc(C(=O)N(C)CCCCc2nc3c4cc(F)cc(C)c4nc(N)n3n2)s1. The summed E-state index contributed by atoms with van der Waals surface area (Å²) < 4.78 is 15.3. The number of carbonyl (C=O) groups is 1. The molecule has 11 heteroatoms. The predicted molar refractivity (Wildman–Crippen MR) is 132 cm³/mol. The molecule has 0 bridgehead atoms. The Kier molecular flexibility index (Phi) is 8.99. The van der Waals surface area contributed by atoms with Crippen molar-refractivity contribution in [2.45, 2.75) is 33.1 Å². The molecule has 0 fully saturated rings. The number of rotatable bonds is 6. The fraction of sp³-hybridized carbons (Fsp3) is 0.304. The molecule has 1 amide bonds. The van der Waals surface area contributed by atoms with E-state index in [1.54, 1.807) is 18.9 Å². The van der Waals surface area contributed by atoms with Crippen LogP contribution in [0.3, 0.4) is 0 Å². The third-order valence-corrected chi connectivity index (χ3v) is 5.63. The molecular formula is C23H25FN8OS. The molecule has 0 saturated carbocycles. The number of fused-ring (bicyclic) bond motifs is 3. The lowest BCUT2D eigenvalue weighted by Crippen LogP contribution is -2.27. The van der Waals surface area contributed by atoms with Gasteiger partial charge in [0.05, 0.1) is 5.52 Å². The van der Waals surface area contributed by atoms with Gasteiger partial charge in [-0.3, -0.25) is 4.79 Å². The topological polar surface area (TPSA) is 115 Å². The molecule has 176 valence electrons. The van der Waals surface area contributed by atoms with Gasteiger partial charge in [0.15, 0.2) is 11.5 Å². The summed E-state index contributed by atoms with van der Waals surface area (Å²) in [5.74, 6) is 0.334. The minimum absolute atomic E-state index is 0.130. The molecule has 9 nitrogen and oxygen atoms in total. The lowest BCUT2D eigenvalue weighted by molar-refractivity contribution is 0.0791. The van der Waals surface area contributed by atoms with Crippen LogP contribution in [0.25, 0.3) is 16.6 Å². The van der Waals surface area contributed by atoms with Gasteiger partial charge in [-0.2, -0.15) is 4.52 Å². The Bertz CT molecular complexity index is 1330. The zero-order valence-corrected chi connectivity index (χ0v) is 20.0. The Morgan fingerprint density at radius 2 is 1.85 bits per heavy atom. The maximum absolute atomic E-state index is 13.9. The molecule has 0 radical (unpaired) electrons. The second-order valence-corrected chi connectivity index (χ2v) is 8.34. The number of amides is 1. The van der Waals surface area contributed by atoms with Gasteiger partial charge in [0.1, 0.15) is 10.8 Å². The molecule has 0 saturated heterocycles. The van der Waals surface area contributed by atoms with Gasteiger partial charge >= 0.3 is 0 Å². The maximum Gasteiger partial charge on any atom is 0.284 e. The molecule has 0 spiro atoms. The number of benzene rings is 1. The number of terminal acetylenes is 2.